The van der Waals surface area contributed by atoms with Crippen LogP contribution in [0.15, 0.2) is 35.6 Å². The smallest absolute Gasteiger partial charge is 0.182 e. The third-order valence-electron chi connectivity index (χ3n) is 5.02. The fraction of sp³-hybridized carbons (Fsp3) is 0.450. The summed E-state index contributed by atoms with van der Waals surface area (Å²) in [4.78, 5) is 24.0. The van der Waals surface area contributed by atoms with Crippen LogP contribution in [0.25, 0.3) is 22.6 Å². The van der Waals surface area contributed by atoms with E-state index in [2.05, 4.69) is 75.1 Å². The Labute approximate surface area is 170 Å². The first kappa shape index (κ1) is 19.2. The van der Waals surface area contributed by atoms with Gasteiger partial charge in [0.1, 0.15) is 10.5 Å². The number of benzene rings is 1. The summed E-state index contributed by atoms with van der Waals surface area (Å²) >= 11 is 1.74. The minimum absolute atomic E-state index is 0.723. The normalized spacial score (nSPS) is 15.6. The Balaban J connectivity index is 1.56. The van der Waals surface area contributed by atoms with Crippen molar-refractivity contribution >= 4 is 28.6 Å². The minimum atomic E-state index is 0.723. The van der Waals surface area contributed by atoms with Crippen molar-refractivity contribution in [2.75, 3.05) is 64.5 Å². The fourth-order valence-electron chi connectivity index (χ4n) is 3.25. The molecular weight excluding hydrogens is 370 g/mol. The molecule has 3 heterocycles. The minimum Gasteiger partial charge on any atom is -0.369 e. The van der Waals surface area contributed by atoms with Gasteiger partial charge in [-0.15, -0.1) is 11.8 Å². The molecule has 0 atom stereocenters. The van der Waals surface area contributed by atoms with Gasteiger partial charge < -0.3 is 19.7 Å². The molecule has 0 saturated carbocycles. The number of thioether (sulfide) groups is 1. The number of rotatable bonds is 6. The molecule has 0 aliphatic carbocycles. The van der Waals surface area contributed by atoms with Gasteiger partial charge in [-0.2, -0.15) is 0 Å². The number of aromatic amines is 1. The van der Waals surface area contributed by atoms with Crippen molar-refractivity contribution in [2.24, 2.45) is 0 Å². The summed E-state index contributed by atoms with van der Waals surface area (Å²) in [6.07, 6.45) is 1.69. The molecule has 1 aliphatic rings. The van der Waals surface area contributed by atoms with Gasteiger partial charge in [0.25, 0.3) is 0 Å². The van der Waals surface area contributed by atoms with Crippen molar-refractivity contribution in [1.82, 2.24) is 29.7 Å². The Hall–Kier alpha value is -2.16. The summed E-state index contributed by atoms with van der Waals surface area (Å²) in [6.45, 7) is 5.35. The highest BCUT2D eigenvalue weighted by Gasteiger charge is 2.15. The number of hydrogen-bond donors (Lipinski definition) is 1. The first-order chi connectivity index (χ1) is 13.6. The number of nitrogens with one attached hydrogen (secondary N) is 1. The number of likely N-dealkylation sites (N-methyl/N-ethyl adjacent to an activating group) is 1. The van der Waals surface area contributed by atoms with Crippen LogP contribution in [-0.4, -0.2) is 89.4 Å². The number of fused-ring (bicyclic) bond motifs is 1. The largest absolute Gasteiger partial charge is 0.369 e. The quantitative estimate of drug-likeness (QED) is 0.506. The molecule has 8 heteroatoms. The lowest BCUT2D eigenvalue weighted by molar-refractivity contribution is 0.313. The molecule has 4 rings (SSSR count). The van der Waals surface area contributed by atoms with Gasteiger partial charge >= 0.3 is 0 Å². The Morgan fingerprint density at radius 1 is 1.07 bits per heavy atom. The summed E-state index contributed by atoms with van der Waals surface area (Å²) in [7, 11) is 6.34. The highest BCUT2D eigenvalue weighted by Crippen LogP contribution is 2.28. The number of hydrogen-bond acceptors (Lipinski definition) is 7. The third-order valence-corrected chi connectivity index (χ3v) is 5.98. The maximum absolute atomic E-state index is 4.83. The van der Waals surface area contributed by atoms with Crippen LogP contribution in [0.3, 0.4) is 0 Å². The maximum atomic E-state index is 4.83. The second kappa shape index (κ2) is 8.46. The van der Waals surface area contributed by atoms with Crippen LogP contribution >= 0.6 is 11.8 Å². The van der Waals surface area contributed by atoms with Gasteiger partial charge in [-0.3, -0.25) is 0 Å². The number of imidazole rings is 1. The van der Waals surface area contributed by atoms with Crippen LogP contribution in [0, 0.1) is 0 Å². The van der Waals surface area contributed by atoms with Gasteiger partial charge in [0.2, 0.25) is 0 Å². The zero-order chi connectivity index (χ0) is 19.5. The lowest BCUT2D eigenvalue weighted by Crippen LogP contribution is -2.44. The van der Waals surface area contributed by atoms with Crippen molar-refractivity contribution in [2.45, 2.75) is 5.03 Å². The van der Waals surface area contributed by atoms with Crippen LogP contribution < -0.4 is 4.90 Å². The van der Waals surface area contributed by atoms with Gasteiger partial charge in [-0.25, -0.2) is 15.0 Å². The molecule has 0 spiro atoms. The van der Waals surface area contributed by atoms with E-state index in [0.717, 1.165) is 66.1 Å². The van der Waals surface area contributed by atoms with Gasteiger partial charge in [0.15, 0.2) is 11.5 Å². The molecule has 1 aromatic carbocycles. The van der Waals surface area contributed by atoms with E-state index >= 15 is 0 Å². The Bertz CT molecular complexity index is 914. The molecule has 28 heavy (non-hydrogen) atoms. The Kier molecular flexibility index (Phi) is 5.79. The van der Waals surface area contributed by atoms with Crippen LogP contribution in [0.2, 0.25) is 0 Å². The zero-order valence-electron chi connectivity index (χ0n) is 16.7. The van der Waals surface area contributed by atoms with Crippen molar-refractivity contribution in [3.8, 4) is 11.4 Å². The highest BCUT2D eigenvalue weighted by atomic mass is 32.2. The van der Waals surface area contributed by atoms with Crippen LogP contribution in [-0.2, 0) is 0 Å². The van der Waals surface area contributed by atoms with E-state index in [1.165, 1.54) is 5.69 Å². The molecule has 0 bridgehead atoms. The first-order valence-electron chi connectivity index (χ1n) is 9.63. The molecule has 1 N–H and O–H groups in total. The Morgan fingerprint density at radius 3 is 2.54 bits per heavy atom. The molecule has 0 radical (unpaired) electrons. The summed E-state index contributed by atoms with van der Waals surface area (Å²) in [5.74, 6) is 1.71. The lowest BCUT2D eigenvalue weighted by Gasteiger charge is -2.34. The standard InChI is InChI=1S/C20H27N7S/c1-25(2)12-13-28-20-17-19(22-14-21-17)23-18(24-20)15-4-6-16(7-5-15)27-10-8-26(3)9-11-27/h4-7,14H,8-13H2,1-3H3,(H,21,22,23,24). The molecule has 0 amide bonds. The van der Waals surface area contributed by atoms with E-state index in [-0.39, 0.29) is 0 Å². The van der Waals surface area contributed by atoms with E-state index in [1.54, 1.807) is 18.1 Å². The summed E-state index contributed by atoms with van der Waals surface area (Å²) in [5, 5.41) is 0.961. The average Bonchev–Trinajstić information content (AvgIpc) is 3.17. The fourth-order valence-corrected chi connectivity index (χ4v) is 4.35. The van der Waals surface area contributed by atoms with E-state index < -0.39 is 0 Å². The van der Waals surface area contributed by atoms with Crippen molar-refractivity contribution in [3.63, 3.8) is 0 Å². The van der Waals surface area contributed by atoms with Crippen LogP contribution in [0.1, 0.15) is 0 Å². The van der Waals surface area contributed by atoms with E-state index in [0.29, 0.717) is 0 Å². The molecular formula is C20H27N7S. The van der Waals surface area contributed by atoms with Gasteiger partial charge in [-0.05, 0) is 45.4 Å². The monoisotopic (exact) mass is 397 g/mol. The summed E-state index contributed by atoms with van der Waals surface area (Å²) in [5.41, 5.74) is 3.93. The molecule has 3 aromatic rings. The van der Waals surface area contributed by atoms with Crippen molar-refractivity contribution in [3.05, 3.63) is 30.6 Å². The van der Waals surface area contributed by atoms with E-state index in [4.69, 9.17) is 4.98 Å². The van der Waals surface area contributed by atoms with Gasteiger partial charge in [-0.1, -0.05) is 0 Å². The third kappa shape index (κ3) is 4.29. The number of piperazine rings is 1. The maximum Gasteiger partial charge on any atom is 0.182 e. The average molecular weight is 398 g/mol. The van der Waals surface area contributed by atoms with Gasteiger partial charge in [0, 0.05) is 49.7 Å². The van der Waals surface area contributed by atoms with Crippen molar-refractivity contribution in [1.29, 1.82) is 0 Å². The van der Waals surface area contributed by atoms with Crippen molar-refractivity contribution < 1.29 is 0 Å². The molecule has 1 aliphatic heterocycles. The molecule has 1 fully saturated rings. The number of H-pyrrole nitrogens is 1. The topological polar surface area (TPSA) is 64.2 Å². The van der Waals surface area contributed by atoms with E-state index in [9.17, 15) is 0 Å². The number of anilines is 1. The highest BCUT2D eigenvalue weighted by molar-refractivity contribution is 7.99. The van der Waals surface area contributed by atoms with Gasteiger partial charge in [0.05, 0.1) is 6.33 Å². The second-order valence-corrected chi connectivity index (χ2v) is 8.53. The molecule has 1 saturated heterocycles. The number of aromatic nitrogens is 4. The molecule has 2 aromatic heterocycles. The first-order valence-corrected chi connectivity index (χ1v) is 10.6. The zero-order valence-corrected chi connectivity index (χ0v) is 17.5. The SMILES string of the molecule is CN(C)CCSc1nc(-c2ccc(N3CCN(C)CC3)cc2)nc2nc[nH]c12. The molecule has 148 valence electrons. The predicted octanol–water partition coefficient (Wildman–Crippen LogP) is 2.43. The Morgan fingerprint density at radius 2 is 1.82 bits per heavy atom. The second-order valence-electron chi connectivity index (χ2n) is 7.44. The summed E-state index contributed by atoms with van der Waals surface area (Å²) in [6, 6.07) is 8.60. The molecule has 7 nitrogen and oxygen atoms in total. The van der Waals surface area contributed by atoms with Crippen LogP contribution in [0.4, 0.5) is 5.69 Å². The van der Waals surface area contributed by atoms with E-state index in [1.807, 2.05) is 0 Å². The van der Waals surface area contributed by atoms with Crippen LogP contribution in [0.5, 0.6) is 0 Å². The number of nitrogens with zero attached hydrogens (tertiary/aromatic N) is 6. The lowest BCUT2D eigenvalue weighted by atomic mass is 10.1. The predicted molar refractivity (Wildman–Crippen MR) is 116 cm³/mol. The summed E-state index contributed by atoms with van der Waals surface area (Å²) < 4.78 is 0. The molecule has 0 unspecified atom stereocenters.